The third-order valence-electron chi connectivity index (χ3n) is 6.48. The molecule has 3 aromatic heterocycles. The fourth-order valence-corrected chi connectivity index (χ4v) is 4.56. The second-order valence-electron chi connectivity index (χ2n) is 8.87. The van der Waals surface area contributed by atoms with Crippen molar-refractivity contribution in [3.05, 3.63) is 101 Å². The van der Waals surface area contributed by atoms with Crippen LogP contribution in [0.15, 0.2) is 77.4 Å². The zero-order chi connectivity index (χ0) is 24.4. The fraction of sp³-hybridized carbons (Fsp3) is 0.241. The van der Waals surface area contributed by atoms with Gasteiger partial charge in [-0.15, -0.1) is 0 Å². The molecular formula is C29H30N4O2. The molecule has 0 radical (unpaired) electrons. The fourth-order valence-electron chi connectivity index (χ4n) is 4.56. The number of aromatic nitrogens is 3. The van der Waals surface area contributed by atoms with Gasteiger partial charge in [0, 0.05) is 17.8 Å². The first-order valence-electron chi connectivity index (χ1n) is 11.9. The molecule has 1 N–H and O–H groups in total. The first-order valence-corrected chi connectivity index (χ1v) is 11.9. The molecule has 178 valence electrons. The summed E-state index contributed by atoms with van der Waals surface area (Å²) in [4.78, 5) is 5.06. The molecule has 0 spiro atoms. The maximum Gasteiger partial charge on any atom is 0.141 e. The number of methoxy groups -OCH3 is 1. The van der Waals surface area contributed by atoms with Crippen LogP contribution in [-0.4, -0.2) is 21.7 Å². The molecule has 35 heavy (non-hydrogen) atoms. The molecule has 0 fully saturated rings. The Morgan fingerprint density at radius 1 is 1.00 bits per heavy atom. The third kappa shape index (κ3) is 4.64. The topological polar surface area (TPSA) is 64.6 Å². The van der Waals surface area contributed by atoms with Crippen LogP contribution in [0.1, 0.15) is 41.2 Å². The number of fused-ring (bicyclic) bond motifs is 1. The SMILES string of the molecule is COc1ccc(CCc2nc3cc(-c4c(C)noc4C)ccn3c2N[C@H](C)c2ccccc2)cc1. The van der Waals surface area contributed by atoms with E-state index < -0.39 is 0 Å². The van der Waals surface area contributed by atoms with E-state index in [-0.39, 0.29) is 6.04 Å². The molecule has 1 atom stereocenters. The number of anilines is 1. The van der Waals surface area contributed by atoms with E-state index in [1.165, 1.54) is 11.1 Å². The van der Waals surface area contributed by atoms with Gasteiger partial charge < -0.3 is 14.6 Å². The number of hydrogen-bond donors (Lipinski definition) is 1. The first-order chi connectivity index (χ1) is 17.0. The molecule has 6 heteroatoms. The second-order valence-corrected chi connectivity index (χ2v) is 8.87. The van der Waals surface area contributed by atoms with Crippen molar-refractivity contribution in [3.8, 4) is 16.9 Å². The Hall–Kier alpha value is -4.06. The highest BCUT2D eigenvalue weighted by Crippen LogP contribution is 2.31. The van der Waals surface area contributed by atoms with Gasteiger partial charge in [-0.2, -0.15) is 0 Å². The molecule has 2 aromatic carbocycles. The molecule has 6 nitrogen and oxygen atoms in total. The number of aryl methyl sites for hydroxylation is 4. The molecule has 3 heterocycles. The molecular weight excluding hydrogens is 436 g/mol. The van der Waals surface area contributed by atoms with Crippen LogP contribution in [0, 0.1) is 13.8 Å². The predicted octanol–water partition coefficient (Wildman–Crippen LogP) is 6.57. The molecule has 0 bridgehead atoms. The Balaban J connectivity index is 1.51. The van der Waals surface area contributed by atoms with E-state index >= 15 is 0 Å². The van der Waals surface area contributed by atoms with E-state index in [9.17, 15) is 0 Å². The highest BCUT2D eigenvalue weighted by atomic mass is 16.5. The van der Waals surface area contributed by atoms with Crippen LogP contribution >= 0.6 is 0 Å². The monoisotopic (exact) mass is 466 g/mol. The van der Waals surface area contributed by atoms with Crippen molar-refractivity contribution in [2.24, 2.45) is 0 Å². The Bertz CT molecular complexity index is 1420. The summed E-state index contributed by atoms with van der Waals surface area (Å²) < 4.78 is 12.8. The van der Waals surface area contributed by atoms with Crippen LogP contribution in [0.2, 0.25) is 0 Å². The van der Waals surface area contributed by atoms with Gasteiger partial charge in [-0.1, -0.05) is 47.6 Å². The third-order valence-corrected chi connectivity index (χ3v) is 6.48. The van der Waals surface area contributed by atoms with Crippen LogP contribution in [-0.2, 0) is 12.8 Å². The van der Waals surface area contributed by atoms with E-state index in [1.54, 1.807) is 7.11 Å². The summed E-state index contributed by atoms with van der Waals surface area (Å²) in [7, 11) is 1.69. The predicted molar refractivity (Wildman–Crippen MR) is 139 cm³/mol. The Morgan fingerprint density at radius 2 is 1.77 bits per heavy atom. The van der Waals surface area contributed by atoms with Crippen molar-refractivity contribution in [2.75, 3.05) is 12.4 Å². The zero-order valence-corrected chi connectivity index (χ0v) is 20.6. The lowest BCUT2D eigenvalue weighted by Crippen LogP contribution is -2.10. The number of nitrogens with one attached hydrogen (secondary N) is 1. The molecule has 0 amide bonds. The van der Waals surface area contributed by atoms with Crippen molar-refractivity contribution in [3.63, 3.8) is 0 Å². The van der Waals surface area contributed by atoms with E-state index in [0.29, 0.717) is 0 Å². The largest absolute Gasteiger partial charge is 0.497 e. The van der Waals surface area contributed by atoms with Crippen LogP contribution in [0.4, 0.5) is 5.82 Å². The minimum Gasteiger partial charge on any atom is -0.497 e. The lowest BCUT2D eigenvalue weighted by atomic mass is 10.1. The van der Waals surface area contributed by atoms with Gasteiger partial charge in [-0.25, -0.2) is 4.98 Å². The van der Waals surface area contributed by atoms with E-state index in [0.717, 1.165) is 58.3 Å². The van der Waals surface area contributed by atoms with Gasteiger partial charge in [0.15, 0.2) is 0 Å². The van der Waals surface area contributed by atoms with Gasteiger partial charge >= 0.3 is 0 Å². The van der Waals surface area contributed by atoms with Crippen molar-refractivity contribution >= 4 is 11.5 Å². The second kappa shape index (κ2) is 9.66. The summed E-state index contributed by atoms with van der Waals surface area (Å²) in [5, 5.41) is 7.85. The number of imidazole rings is 1. The quantitative estimate of drug-likeness (QED) is 0.280. The average Bonchev–Trinajstić information content (AvgIpc) is 3.41. The van der Waals surface area contributed by atoms with Gasteiger partial charge in [-0.3, -0.25) is 4.40 Å². The van der Waals surface area contributed by atoms with Gasteiger partial charge in [0.05, 0.1) is 18.5 Å². The number of ether oxygens (including phenoxy) is 1. The maximum atomic E-state index is 5.40. The Kier molecular flexibility index (Phi) is 6.27. The van der Waals surface area contributed by atoms with Gasteiger partial charge in [0.1, 0.15) is 23.0 Å². The van der Waals surface area contributed by atoms with Crippen LogP contribution < -0.4 is 10.1 Å². The zero-order valence-electron chi connectivity index (χ0n) is 20.6. The molecule has 0 aliphatic carbocycles. The molecule has 5 rings (SSSR count). The number of rotatable bonds is 8. The number of hydrogen-bond acceptors (Lipinski definition) is 5. The van der Waals surface area contributed by atoms with E-state index in [2.05, 4.69) is 76.5 Å². The molecule has 0 aliphatic heterocycles. The average molecular weight is 467 g/mol. The minimum absolute atomic E-state index is 0.137. The Morgan fingerprint density at radius 3 is 2.46 bits per heavy atom. The minimum atomic E-state index is 0.137. The van der Waals surface area contributed by atoms with Gasteiger partial charge in [0.25, 0.3) is 0 Å². The van der Waals surface area contributed by atoms with Crippen LogP contribution in [0.25, 0.3) is 16.8 Å². The molecule has 0 aliphatic rings. The van der Waals surface area contributed by atoms with E-state index in [4.69, 9.17) is 14.2 Å². The summed E-state index contributed by atoms with van der Waals surface area (Å²) in [5.41, 5.74) is 7.39. The highest BCUT2D eigenvalue weighted by Gasteiger charge is 2.18. The standard InChI is InChI=1S/C29H30N4O2/c1-19(23-8-6-5-7-9-23)30-29-26(15-12-22-10-13-25(34-4)14-11-22)31-27-18-24(16-17-33(27)29)28-20(2)32-35-21(28)3/h5-11,13-14,16-19,30H,12,15H2,1-4H3/t19-/m1/s1. The molecule has 0 saturated carbocycles. The van der Waals surface area contributed by atoms with Crippen molar-refractivity contribution < 1.29 is 9.26 Å². The van der Waals surface area contributed by atoms with Crippen molar-refractivity contribution in [1.82, 2.24) is 14.5 Å². The number of pyridine rings is 1. The summed E-state index contributed by atoms with van der Waals surface area (Å²) in [6.07, 6.45) is 3.79. The summed E-state index contributed by atoms with van der Waals surface area (Å²) in [5.74, 6) is 2.71. The first kappa shape index (κ1) is 22.7. The summed E-state index contributed by atoms with van der Waals surface area (Å²) in [6.45, 7) is 6.09. The number of benzene rings is 2. The van der Waals surface area contributed by atoms with Gasteiger partial charge in [-0.05, 0) is 74.6 Å². The summed E-state index contributed by atoms with van der Waals surface area (Å²) in [6, 6.07) is 23.1. The lowest BCUT2D eigenvalue weighted by molar-refractivity contribution is 0.393. The molecule has 5 aromatic rings. The molecule has 0 unspecified atom stereocenters. The Labute approximate surface area is 205 Å². The smallest absolute Gasteiger partial charge is 0.141 e. The van der Waals surface area contributed by atoms with Crippen molar-refractivity contribution in [1.29, 1.82) is 0 Å². The van der Waals surface area contributed by atoms with Crippen molar-refractivity contribution in [2.45, 2.75) is 39.7 Å². The summed E-state index contributed by atoms with van der Waals surface area (Å²) >= 11 is 0. The molecule has 0 saturated heterocycles. The van der Waals surface area contributed by atoms with Crippen LogP contribution in [0.5, 0.6) is 5.75 Å². The lowest BCUT2D eigenvalue weighted by Gasteiger charge is -2.17. The van der Waals surface area contributed by atoms with Gasteiger partial charge in [0.2, 0.25) is 0 Å². The van der Waals surface area contributed by atoms with E-state index in [1.807, 2.05) is 32.0 Å². The highest BCUT2D eigenvalue weighted by molar-refractivity contribution is 5.72. The van der Waals surface area contributed by atoms with Crippen LogP contribution in [0.3, 0.4) is 0 Å². The normalized spacial score (nSPS) is 12.1. The maximum absolute atomic E-state index is 5.40. The number of nitrogens with zero attached hydrogens (tertiary/aromatic N) is 3.